The van der Waals surface area contributed by atoms with Gasteiger partial charge in [0.2, 0.25) is 6.79 Å². The van der Waals surface area contributed by atoms with Crippen LogP contribution in [-0.2, 0) is 11.3 Å². The summed E-state index contributed by atoms with van der Waals surface area (Å²) in [5, 5.41) is 2.84. The predicted molar refractivity (Wildman–Crippen MR) is 92.8 cm³/mol. The molecule has 1 aromatic heterocycles. The summed E-state index contributed by atoms with van der Waals surface area (Å²) in [6.07, 6.45) is 1.53. The molecule has 0 saturated heterocycles. The van der Waals surface area contributed by atoms with Gasteiger partial charge in [-0.3, -0.25) is 9.69 Å². The van der Waals surface area contributed by atoms with Gasteiger partial charge in [0, 0.05) is 13.6 Å². The molecule has 0 aliphatic carbocycles. The maximum absolute atomic E-state index is 13.1. The lowest BCUT2D eigenvalue weighted by atomic mass is 10.0. The SMILES string of the molecule is CN1C(=O)NC(c2ccco2)C2=C1CN(Cc1ccc3c(c1)OCO3)C2=O. The fraction of sp³-hybridized carbons (Fsp3) is 0.263. The summed E-state index contributed by atoms with van der Waals surface area (Å²) in [6, 6.07) is 8.30. The fourth-order valence-corrected chi connectivity index (χ4v) is 3.68. The van der Waals surface area contributed by atoms with E-state index in [1.54, 1.807) is 24.1 Å². The first-order valence-electron chi connectivity index (χ1n) is 8.60. The van der Waals surface area contributed by atoms with Crippen molar-refractivity contribution in [2.75, 3.05) is 20.4 Å². The third kappa shape index (κ3) is 2.44. The number of amides is 3. The Hall–Kier alpha value is -3.42. The zero-order chi connectivity index (χ0) is 18.5. The van der Waals surface area contributed by atoms with E-state index in [0.29, 0.717) is 41.6 Å². The summed E-state index contributed by atoms with van der Waals surface area (Å²) < 4.78 is 16.2. The third-order valence-corrected chi connectivity index (χ3v) is 5.07. The van der Waals surface area contributed by atoms with E-state index in [1.165, 1.54) is 11.2 Å². The molecule has 138 valence electrons. The lowest BCUT2D eigenvalue weighted by Gasteiger charge is -2.29. The van der Waals surface area contributed by atoms with Crippen LogP contribution in [-0.4, -0.2) is 42.1 Å². The predicted octanol–water partition coefficient (Wildman–Crippen LogP) is 2.00. The number of likely N-dealkylation sites (N-methyl/N-ethyl adjacent to an activating group) is 1. The number of hydrogen-bond donors (Lipinski definition) is 1. The summed E-state index contributed by atoms with van der Waals surface area (Å²) in [4.78, 5) is 28.7. The number of nitrogens with one attached hydrogen (secondary N) is 1. The molecule has 1 N–H and O–H groups in total. The minimum absolute atomic E-state index is 0.115. The Morgan fingerprint density at radius 2 is 2.04 bits per heavy atom. The zero-order valence-electron chi connectivity index (χ0n) is 14.6. The molecule has 3 amide bonds. The molecule has 0 spiro atoms. The molecule has 1 unspecified atom stereocenters. The molecule has 3 aliphatic heterocycles. The van der Waals surface area contributed by atoms with Gasteiger partial charge >= 0.3 is 6.03 Å². The summed E-state index contributed by atoms with van der Waals surface area (Å²) in [6.45, 7) is 0.986. The first kappa shape index (κ1) is 15.8. The zero-order valence-corrected chi connectivity index (χ0v) is 14.6. The molecule has 5 rings (SSSR count). The van der Waals surface area contributed by atoms with Gasteiger partial charge in [-0.2, -0.15) is 0 Å². The van der Waals surface area contributed by atoms with Crippen LogP contribution in [0.25, 0.3) is 0 Å². The quantitative estimate of drug-likeness (QED) is 0.897. The van der Waals surface area contributed by atoms with E-state index < -0.39 is 6.04 Å². The van der Waals surface area contributed by atoms with E-state index in [9.17, 15) is 9.59 Å². The van der Waals surface area contributed by atoms with Gasteiger partial charge in [0.15, 0.2) is 11.5 Å². The average molecular weight is 367 g/mol. The molecule has 0 radical (unpaired) electrons. The lowest BCUT2D eigenvalue weighted by molar-refractivity contribution is -0.126. The maximum atomic E-state index is 13.1. The molecule has 1 aromatic carbocycles. The number of urea groups is 1. The Morgan fingerprint density at radius 3 is 2.85 bits per heavy atom. The molecule has 0 fully saturated rings. The van der Waals surface area contributed by atoms with E-state index in [4.69, 9.17) is 13.9 Å². The number of rotatable bonds is 3. The third-order valence-electron chi connectivity index (χ3n) is 5.07. The van der Waals surface area contributed by atoms with Gasteiger partial charge in [-0.25, -0.2) is 4.79 Å². The molecule has 1 atom stereocenters. The highest BCUT2D eigenvalue weighted by atomic mass is 16.7. The van der Waals surface area contributed by atoms with E-state index in [2.05, 4.69) is 5.32 Å². The number of nitrogens with zero attached hydrogens (tertiary/aromatic N) is 2. The minimum atomic E-state index is -0.576. The first-order valence-corrected chi connectivity index (χ1v) is 8.60. The number of fused-ring (bicyclic) bond motifs is 1. The van der Waals surface area contributed by atoms with E-state index in [1.807, 2.05) is 18.2 Å². The summed E-state index contributed by atoms with van der Waals surface area (Å²) in [7, 11) is 1.67. The summed E-state index contributed by atoms with van der Waals surface area (Å²) in [5.74, 6) is 1.81. The maximum Gasteiger partial charge on any atom is 0.322 e. The lowest BCUT2D eigenvalue weighted by Crippen LogP contribution is -2.45. The molecule has 8 nitrogen and oxygen atoms in total. The molecular weight excluding hydrogens is 350 g/mol. The van der Waals surface area contributed by atoms with Crippen molar-refractivity contribution in [3.05, 3.63) is 59.2 Å². The van der Waals surface area contributed by atoms with E-state index >= 15 is 0 Å². The van der Waals surface area contributed by atoms with Gasteiger partial charge in [0.1, 0.15) is 11.8 Å². The monoisotopic (exact) mass is 367 g/mol. The van der Waals surface area contributed by atoms with Crippen molar-refractivity contribution in [3.63, 3.8) is 0 Å². The van der Waals surface area contributed by atoms with Gasteiger partial charge in [0.25, 0.3) is 5.91 Å². The van der Waals surface area contributed by atoms with Crippen LogP contribution in [0, 0.1) is 0 Å². The smallest absolute Gasteiger partial charge is 0.322 e. The van der Waals surface area contributed by atoms with Crippen molar-refractivity contribution >= 4 is 11.9 Å². The van der Waals surface area contributed by atoms with Crippen LogP contribution in [0.2, 0.25) is 0 Å². The standard InChI is InChI=1S/C19H17N3O5/c1-21-12-9-22(8-11-4-5-13-15(7-11)27-10-26-13)18(23)16(12)17(20-19(21)24)14-3-2-6-25-14/h2-7,17H,8-10H2,1H3,(H,20,24). The molecule has 2 aromatic rings. The van der Waals surface area contributed by atoms with Gasteiger partial charge in [-0.15, -0.1) is 0 Å². The molecule has 3 aliphatic rings. The van der Waals surface area contributed by atoms with Crippen LogP contribution < -0.4 is 14.8 Å². The second-order valence-corrected chi connectivity index (χ2v) is 6.67. The van der Waals surface area contributed by atoms with Crippen LogP contribution in [0.3, 0.4) is 0 Å². The highest BCUT2D eigenvalue weighted by Crippen LogP contribution is 2.37. The van der Waals surface area contributed by atoms with Gasteiger partial charge in [-0.1, -0.05) is 6.07 Å². The Bertz CT molecular complexity index is 966. The summed E-state index contributed by atoms with van der Waals surface area (Å²) >= 11 is 0. The highest BCUT2D eigenvalue weighted by Gasteiger charge is 2.43. The molecule has 8 heteroatoms. The second kappa shape index (κ2) is 5.80. The number of ether oxygens (including phenoxy) is 2. The number of benzene rings is 1. The van der Waals surface area contributed by atoms with Crippen molar-refractivity contribution in [1.29, 1.82) is 0 Å². The van der Waals surface area contributed by atoms with Crippen LogP contribution in [0.1, 0.15) is 17.4 Å². The van der Waals surface area contributed by atoms with Crippen molar-refractivity contribution < 1.29 is 23.5 Å². The largest absolute Gasteiger partial charge is 0.467 e. The normalized spacial score (nSPS) is 21.0. The topological polar surface area (TPSA) is 84.2 Å². The first-order chi connectivity index (χ1) is 13.1. The average Bonchev–Trinajstić information content (AvgIpc) is 3.39. The second-order valence-electron chi connectivity index (χ2n) is 6.67. The van der Waals surface area contributed by atoms with Crippen LogP contribution >= 0.6 is 0 Å². The number of hydrogen-bond acceptors (Lipinski definition) is 5. The molecule has 0 bridgehead atoms. The van der Waals surface area contributed by atoms with E-state index in [-0.39, 0.29) is 18.7 Å². The van der Waals surface area contributed by atoms with Crippen molar-refractivity contribution in [3.8, 4) is 11.5 Å². The fourth-order valence-electron chi connectivity index (χ4n) is 3.68. The van der Waals surface area contributed by atoms with Gasteiger partial charge in [-0.05, 0) is 29.8 Å². The Kier molecular flexibility index (Phi) is 3.40. The van der Waals surface area contributed by atoms with Gasteiger partial charge in [0.05, 0.1) is 24.1 Å². The van der Waals surface area contributed by atoms with Crippen molar-refractivity contribution in [2.24, 2.45) is 0 Å². The highest BCUT2D eigenvalue weighted by molar-refractivity contribution is 6.01. The number of carbonyl (C=O) groups excluding carboxylic acids is 2. The molecule has 27 heavy (non-hydrogen) atoms. The molecule has 4 heterocycles. The summed E-state index contributed by atoms with van der Waals surface area (Å²) in [5.41, 5.74) is 2.18. The van der Waals surface area contributed by atoms with Crippen molar-refractivity contribution in [2.45, 2.75) is 12.6 Å². The van der Waals surface area contributed by atoms with Crippen LogP contribution in [0.5, 0.6) is 11.5 Å². The van der Waals surface area contributed by atoms with E-state index in [0.717, 1.165) is 5.56 Å². The number of carbonyl (C=O) groups is 2. The minimum Gasteiger partial charge on any atom is -0.467 e. The Balaban J connectivity index is 1.44. The molecular formula is C19H17N3O5. The van der Waals surface area contributed by atoms with Gasteiger partial charge < -0.3 is 24.1 Å². The Labute approximate surface area is 154 Å². The number of furan rings is 1. The van der Waals surface area contributed by atoms with Crippen molar-refractivity contribution in [1.82, 2.24) is 15.1 Å². The van der Waals surface area contributed by atoms with Crippen LogP contribution in [0.15, 0.2) is 52.3 Å². The molecule has 0 saturated carbocycles. The Morgan fingerprint density at radius 1 is 1.19 bits per heavy atom. The van der Waals surface area contributed by atoms with Crippen LogP contribution in [0.4, 0.5) is 4.79 Å².